The monoisotopic (exact) mass is 417 g/mol. The average Bonchev–Trinajstić information content (AvgIpc) is 3.62. The SMILES string of the molecule is C[C@H](NC(=O)COC(=O)c1cccc(C(=O)OCC(=O)N[C@@H](C)C2CC2)n1)C1CC1. The molecule has 2 aliphatic rings. The van der Waals surface area contributed by atoms with Crippen LogP contribution in [-0.2, 0) is 19.1 Å². The van der Waals surface area contributed by atoms with Gasteiger partial charge in [0.2, 0.25) is 0 Å². The number of rotatable bonds is 10. The molecule has 1 heterocycles. The summed E-state index contributed by atoms with van der Waals surface area (Å²) in [4.78, 5) is 51.9. The van der Waals surface area contributed by atoms with Gasteiger partial charge < -0.3 is 20.1 Å². The van der Waals surface area contributed by atoms with E-state index in [1.165, 1.54) is 18.2 Å². The third-order valence-corrected chi connectivity index (χ3v) is 5.27. The van der Waals surface area contributed by atoms with Crippen LogP contribution in [0.5, 0.6) is 0 Å². The van der Waals surface area contributed by atoms with Crippen LogP contribution in [0.2, 0.25) is 0 Å². The lowest BCUT2D eigenvalue weighted by molar-refractivity contribution is -0.125. The van der Waals surface area contributed by atoms with Crippen molar-refractivity contribution in [2.75, 3.05) is 13.2 Å². The molecule has 30 heavy (non-hydrogen) atoms. The Morgan fingerprint density at radius 3 is 1.63 bits per heavy atom. The van der Waals surface area contributed by atoms with Crippen LogP contribution in [0.15, 0.2) is 18.2 Å². The molecule has 0 aliphatic heterocycles. The van der Waals surface area contributed by atoms with Gasteiger partial charge in [0, 0.05) is 12.1 Å². The number of esters is 2. The molecular formula is C21H27N3O6. The van der Waals surface area contributed by atoms with Gasteiger partial charge >= 0.3 is 11.9 Å². The molecule has 1 aromatic heterocycles. The second-order valence-corrected chi connectivity index (χ2v) is 7.95. The van der Waals surface area contributed by atoms with Gasteiger partial charge in [0.1, 0.15) is 11.4 Å². The molecule has 2 fully saturated rings. The van der Waals surface area contributed by atoms with E-state index in [0.717, 1.165) is 25.7 Å². The van der Waals surface area contributed by atoms with Crippen molar-refractivity contribution in [2.24, 2.45) is 11.8 Å². The summed E-state index contributed by atoms with van der Waals surface area (Å²) in [5.41, 5.74) is -0.251. The second-order valence-electron chi connectivity index (χ2n) is 7.95. The molecule has 3 rings (SSSR count). The van der Waals surface area contributed by atoms with Crippen LogP contribution in [0.1, 0.15) is 60.5 Å². The van der Waals surface area contributed by atoms with Gasteiger partial charge in [-0.3, -0.25) is 9.59 Å². The van der Waals surface area contributed by atoms with Gasteiger partial charge in [-0.25, -0.2) is 14.6 Å². The number of nitrogens with zero attached hydrogens (tertiary/aromatic N) is 1. The van der Waals surface area contributed by atoms with Crippen LogP contribution in [0, 0.1) is 11.8 Å². The highest BCUT2D eigenvalue weighted by Crippen LogP contribution is 2.32. The summed E-state index contributed by atoms with van der Waals surface area (Å²) in [6.07, 6.45) is 4.37. The summed E-state index contributed by atoms with van der Waals surface area (Å²) >= 11 is 0. The Bertz CT molecular complexity index is 755. The van der Waals surface area contributed by atoms with Gasteiger partial charge in [-0.1, -0.05) is 6.07 Å². The smallest absolute Gasteiger partial charge is 0.357 e. The Balaban J connectivity index is 1.44. The number of amides is 2. The van der Waals surface area contributed by atoms with Crippen molar-refractivity contribution in [1.82, 2.24) is 15.6 Å². The number of carbonyl (C=O) groups is 4. The van der Waals surface area contributed by atoms with E-state index >= 15 is 0 Å². The molecule has 2 amide bonds. The molecule has 2 aliphatic carbocycles. The number of carbonyl (C=O) groups excluding carboxylic acids is 4. The maximum absolute atomic E-state index is 12.1. The first-order chi connectivity index (χ1) is 14.3. The third kappa shape index (κ3) is 6.53. The van der Waals surface area contributed by atoms with E-state index in [1.807, 2.05) is 13.8 Å². The van der Waals surface area contributed by atoms with E-state index in [2.05, 4.69) is 15.6 Å². The number of ether oxygens (including phenoxy) is 2. The van der Waals surface area contributed by atoms with Crippen molar-refractivity contribution in [3.63, 3.8) is 0 Å². The predicted octanol–water partition coefficient (Wildman–Crippen LogP) is 1.22. The number of aromatic nitrogens is 1. The second kappa shape index (κ2) is 9.69. The summed E-state index contributed by atoms with van der Waals surface area (Å²) in [5, 5.41) is 5.56. The van der Waals surface area contributed by atoms with Crippen LogP contribution in [0.3, 0.4) is 0 Å². The molecule has 9 nitrogen and oxygen atoms in total. The molecule has 0 radical (unpaired) electrons. The van der Waals surface area contributed by atoms with Crippen molar-refractivity contribution >= 4 is 23.8 Å². The molecule has 2 saturated carbocycles. The number of hydrogen-bond acceptors (Lipinski definition) is 7. The fourth-order valence-electron chi connectivity index (χ4n) is 3.09. The molecule has 0 spiro atoms. The van der Waals surface area contributed by atoms with Crippen LogP contribution in [0.25, 0.3) is 0 Å². The maximum atomic E-state index is 12.1. The van der Waals surface area contributed by atoms with Gasteiger partial charge in [0.15, 0.2) is 13.2 Å². The average molecular weight is 417 g/mol. The summed E-state index contributed by atoms with van der Waals surface area (Å²) in [6, 6.07) is 4.29. The number of nitrogens with one attached hydrogen (secondary N) is 2. The van der Waals surface area contributed by atoms with Gasteiger partial charge in [0.05, 0.1) is 0 Å². The van der Waals surface area contributed by atoms with Gasteiger partial charge in [0.25, 0.3) is 11.8 Å². The molecule has 2 atom stereocenters. The Morgan fingerprint density at radius 2 is 1.27 bits per heavy atom. The molecular weight excluding hydrogens is 390 g/mol. The summed E-state index contributed by atoms with van der Waals surface area (Å²) in [7, 11) is 0. The van der Waals surface area contributed by atoms with Gasteiger partial charge in [-0.15, -0.1) is 0 Å². The molecule has 1 aromatic rings. The van der Waals surface area contributed by atoms with Crippen LogP contribution in [0.4, 0.5) is 0 Å². The van der Waals surface area contributed by atoms with Gasteiger partial charge in [-0.05, 0) is 63.5 Å². The molecule has 0 saturated heterocycles. The first kappa shape index (κ1) is 21.7. The van der Waals surface area contributed by atoms with Crippen LogP contribution >= 0.6 is 0 Å². The summed E-state index contributed by atoms with van der Waals surface area (Å²) < 4.78 is 9.93. The number of hydrogen-bond donors (Lipinski definition) is 2. The van der Waals surface area contributed by atoms with Gasteiger partial charge in [-0.2, -0.15) is 0 Å². The zero-order valence-electron chi connectivity index (χ0n) is 17.2. The summed E-state index contributed by atoms with van der Waals surface area (Å²) in [6.45, 7) is 2.99. The Hall–Kier alpha value is -2.97. The Morgan fingerprint density at radius 1 is 0.867 bits per heavy atom. The van der Waals surface area contributed by atoms with Crippen LogP contribution < -0.4 is 10.6 Å². The largest absolute Gasteiger partial charge is 0.451 e. The highest BCUT2D eigenvalue weighted by Gasteiger charge is 2.30. The Labute approximate surface area is 174 Å². The lowest BCUT2D eigenvalue weighted by Gasteiger charge is -2.13. The van der Waals surface area contributed by atoms with E-state index in [9.17, 15) is 19.2 Å². The van der Waals surface area contributed by atoms with Crippen molar-refractivity contribution in [3.8, 4) is 0 Å². The quantitative estimate of drug-likeness (QED) is 0.549. The van der Waals surface area contributed by atoms with E-state index in [-0.39, 0.29) is 35.3 Å². The Kier molecular flexibility index (Phi) is 7.02. The van der Waals surface area contributed by atoms with Crippen LogP contribution in [-0.4, -0.2) is 54.0 Å². The highest BCUT2D eigenvalue weighted by atomic mass is 16.5. The zero-order chi connectivity index (χ0) is 21.7. The minimum Gasteiger partial charge on any atom is -0.451 e. The third-order valence-electron chi connectivity index (χ3n) is 5.27. The lowest BCUT2D eigenvalue weighted by atomic mass is 10.2. The first-order valence-corrected chi connectivity index (χ1v) is 10.2. The molecule has 162 valence electrons. The fourth-order valence-corrected chi connectivity index (χ4v) is 3.09. The van der Waals surface area contributed by atoms with Crippen molar-refractivity contribution in [1.29, 1.82) is 0 Å². The van der Waals surface area contributed by atoms with E-state index in [4.69, 9.17) is 9.47 Å². The van der Waals surface area contributed by atoms with Crippen molar-refractivity contribution < 1.29 is 28.7 Å². The van der Waals surface area contributed by atoms with E-state index in [1.54, 1.807) is 0 Å². The maximum Gasteiger partial charge on any atom is 0.357 e. The lowest BCUT2D eigenvalue weighted by Crippen LogP contribution is -2.37. The molecule has 0 aromatic carbocycles. The number of pyridine rings is 1. The van der Waals surface area contributed by atoms with Crippen molar-refractivity contribution in [3.05, 3.63) is 29.6 Å². The zero-order valence-corrected chi connectivity index (χ0v) is 17.2. The first-order valence-electron chi connectivity index (χ1n) is 10.2. The normalized spacial score (nSPS) is 17.4. The molecule has 0 bridgehead atoms. The molecule has 9 heteroatoms. The highest BCUT2D eigenvalue weighted by molar-refractivity contribution is 5.93. The fraction of sp³-hybridized carbons (Fsp3) is 0.571. The predicted molar refractivity (Wildman–Crippen MR) is 105 cm³/mol. The summed E-state index contributed by atoms with van der Waals surface area (Å²) in [5.74, 6) is -1.43. The van der Waals surface area contributed by atoms with E-state index < -0.39 is 25.2 Å². The topological polar surface area (TPSA) is 124 Å². The minimum absolute atomic E-state index is 0.0527. The molecule has 0 unspecified atom stereocenters. The minimum atomic E-state index is -0.824. The standard InChI is InChI=1S/C21H27N3O6/c1-12(14-6-7-14)22-18(25)10-29-20(27)16-4-3-5-17(24-16)21(28)30-11-19(26)23-13(2)15-8-9-15/h3-5,12-15H,6-11H2,1-2H3,(H,22,25)(H,23,26)/t12-,13-/m0/s1. The van der Waals surface area contributed by atoms with E-state index in [0.29, 0.717) is 11.8 Å². The van der Waals surface area contributed by atoms with Crippen molar-refractivity contribution in [2.45, 2.75) is 51.6 Å². The molecule has 2 N–H and O–H groups in total.